The lowest BCUT2D eigenvalue weighted by Crippen LogP contribution is -2.52. The quantitative estimate of drug-likeness (QED) is 0.868. The summed E-state index contributed by atoms with van der Waals surface area (Å²) >= 11 is 0. The van der Waals surface area contributed by atoms with Crippen molar-refractivity contribution < 1.29 is 5.11 Å². The van der Waals surface area contributed by atoms with Gasteiger partial charge in [-0.2, -0.15) is 5.10 Å². The molecule has 0 radical (unpaired) electrons. The first-order chi connectivity index (χ1) is 9.53. The Labute approximate surface area is 122 Å². The summed E-state index contributed by atoms with van der Waals surface area (Å²) in [5.74, 6) is 0. The molecule has 0 spiro atoms. The van der Waals surface area contributed by atoms with Gasteiger partial charge in [-0.15, -0.1) is 0 Å². The van der Waals surface area contributed by atoms with E-state index in [1.807, 2.05) is 4.68 Å². The number of aliphatic hydroxyl groups excluding tert-OH is 1. The Morgan fingerprint density at radius 2 is 2.00 bits per heavy atom. The molecule has 2 rings (SSSR count). The van der Waals surface area contributed by atoms with Gasteiger partial charge in [0.05, 0.1) is 11.8 Å². The topological polar surface area (TPSA) is 41.3 Å². The number of aliphatic hydroxyl groups is 1. The van der Waals surface area contributed by atoms with Crippen LogP contribution in [0.4, 0.5) is 0 Å². The third-order valence-electron chi connectivity index (χ3n) is 4.96. The Hall–Kier alpha value is -0.870. The summed E-state index contributed by atoms with van der Waals surface area (Å²) in [7, 11) is 4.20. The zero-order valence-electron chi connectivity index (χ0n) is 13.4. The highest BCUT2D eigenvalue weighted by Crippen LogP contribution is 2.37. The van der Waals surface area contributed by atoms with E-state index in [-0.39, 0.29) is 11.6 Å². The average molecular weight is 279 g/mol. The first-order valence-corrected chi connectivity index (χ1v) is 7.94. The fourth-order valence-corrected chi connectivity index (χ4v) is 3.58. The van der Waals surface area contributed by atoms with Gasteiger partial charge in [-0.05, 0) is 46.3 Å². The molecule has 1 aliphatic carbocycles. The second-order valence-corrected chi connectivity index (χ2v) is 6.22. The minimum absolute atomic E-state index is 0.0464. The summed E-state index contributed by atoms with van der Waals surface area (Å²) in [5.41, 5.74) is 2.25. The molecule has 1 aromatic rings. The third kappa shape index (κ3) is 2.77. The van der Waals surface area contributed by atoms with Crippen LogP contribution >= 0.6 is 0 Å². The minimum Gasteiger partial charge on any atom is -0.391 e. The van der Waals surface area contributed by atoms with Crippen molar-refractivity contribution >= 4 is 0 Å². The van der Waals surface area contributed by atoms with Crippen LogP contribution < -0.4 is 0 Å². The molecule has 114 valence electrons. The second-order valence-electron chi connectivity index (χ2n) is 6.22. The van der Waals surface area contributed by atoms with Crippen LogP contribution in [0.5, 0.6) is 0 Å². The zero-order valence-corrected chi connectivity index (χ0v) is 13.4. The monoisotopic (exact) mass is 279 g/mol. The smallest absolute Gasteiger partial charge is 0.0778 e. The highest BCUT2D eigenvalue weighted by Gasteiger charge is 2.42. The number of rotatable bonds is 6. The highest BCUT2D eigenvalue weighted by molar-refractivity contribution is 5.14. The van der Waals surface area contributed by atoms with Gasteiger partial charge in [0, 0.05) is 24.2 Å². The lowest BCUT2D eigenvalue weighted by molar-refractivity contribution is -0.00357. The predicted molar refractivity (Wildman–Crippen MR) is 81.9 cm³/mol. The fraction of sp³-hybridized carbons (Fsp3) is 0.812. The van der Waals surface area contributed by atoms with Crippen molar-refractivity contribution in [1.82, 2.24) is 14.7 Å². The normalized spacial score (nSPS) is 19.7. The van der Waals surface area contributed by atoms with Crippen LogP contribution in [-0.4, -0.2) is 45.5 Å². The molecule has 1 saturated carbocycles. The third-order valence-corrected chi connectivity index (χ3v) is 4.96. The molecule has 0 amide bonds. The molecule has 1 unspecified atom stereocenters. The number of nitrogens with zero attached hydrogens (tertiary/aromatic N) is 3. The van der Waals surface area contributed by atoms with Gasteiger partial charge >= 0.3 is 0 Å². The number of aromatic nitrogens is 2. The van der Waals surface area contributed by atoms with E-state index in [1.165, 1.54) is 18.5 Å². The summed E-state index contributed by atoms with van der Waals surface area (Å²) in [6.45, 7) is 5.11. The van der Waals surface area contributed by atoms with Crippen molar-refractivity contribution in [2.24, 2.45) is 0 Å². The number of likely N-dealkylation sites (N-methyl/N-ethyl adjacent to an activating group) is 1. The molecule has 1 heterocycles. The molecule has 0 aliphatic heterocycles. The minimum atomic E-state index is -0.313. The number of hydrogen-bond donors (Lipinski definition) is 1. The van der Waals surface area contributed by atoms with Crippen LogP contribution in [0.25, 0.3) is 0 Å². The van der Waals surface area contributed by atoms with Gasteiger partial charge in [0.15, 0.2) is 0 Å². The van der Waals surface area contributed by atoms with E-state index in [9.17, 15) is 5.11 Å². The van der Waals surface area contributed by atoms with Gasteiger partial charge in [0.2, 0.25) is 0 Å². The van der Waals surface area contributed by atoms with E-state index in [1.54, 1.807) is 0 Å². The lowest BCUT2D eigenvalue weighted by Gasteiger charge is -2.40. The molecule has 0 saturated heterocycles. The van der Waals surface area contributed by atoms with E-state index in [2.05, 4.69) is 44.0 Å². The van der Waals surface area contributed by atoms with Crippen molar-refractivity contribution in [3.05, 3.63) is 17.5 Å². The molecular weight excluding hydrogens is 250 g/mol. The molecule has 0 bridgehead atoms. The van der Waals surface area contributed by atoms with Crippen molar-refractivity contribution in [3.8, 4) is 0 Å². The van der Waals surface area contributed by atoms with E-state index >= 15 is 0 Å². The molecule has 4 heteroatoms. The van der Waals surface area contributed by atoms with Gasteiger partial charge in [-0.1, -0.05) is 19.8 Å². The number of aryl methyl sites for hydroxylation is 2. The Morgan fingerprint density at radius 3 is 2.50 bits per heavy atom. The number of hydrogen-bond acceptors (Lipinski definition) is 3. The van der Waals surface area contributed by atoms with Gasteiger partial charge in [0.1, 0.15) is 0 Å². The first-order valence-electron chi connectivity index (χ1n) is 7.94. The largest absolute Gasteiger partial charge is 0.391 e. The van der Waals surface area contributed by atoms with E-state index in [0.717, 1.165) is 31.5 Å². The van der Waals surface area contributed by atoms with Crippen LogP contribution in [0.2, 0.25) is 0 Å². The Balaban J connectivity index is 2.18. The summed E-state index contributed by atoms with van der Waals surface area (Å²) in [6, 6.07) is 2.16. The maximum absolute atomic E-state index is 10.8. The summed E-state index contributed by atoms with van der Waals surface area (Å²) in [5, 5.41) is 15.4. The van der Waals surface area contributed by atoms with Crippen molar-refractivity contribution in [3.63, 3.8) is 0 Å². The first kappa shape index (κ1) is 15.5. The van der Waals surface area contributed by atoms with Gasteiger partial charge in [-0.3, -0.25) is 4.68 Å². The molecule has 0 aromatic carbocycles. The second kappa shape index (κ2) is 6.27. The van der Waals surface area contributed by atoms with Crippen LogP contribution in [-0.2, 0) is 19.4 Å². The molecule has 1 N–H and O–H groups in total. The average Bonchev–Trinajstić information content (AvgIpc) is 3.05. The maximum Gasteiger partial charge on any atom is 0.0778 e. The van der Waals surface area contributed by atoms with Crippen LogP contribution in [0, 0.1) is 0 Å². The van der Waals surface area contributed by atoms with E-state index in [4.69, 9.17) is 0 Å². The Bertz CT molecular complexity index is 433. The molecular formula is C16H29N3O. The fourth-order valence-electron chi connectivity index (χ4n) is 3.58. The van der Waals surface area contributed by atoms with Gasteiger partial charge in [-0.25, -0.2) is 0 Å². The SMILES string of the molecule is CCc1cc(CC(O)C2(N(C)C)CCCC2)n(CC)n1. The van der Waals surface area contributed by atoms with Gasteiger partial charge < -0.3 is 10.0 Å². The van der Waals surface area contributed by atoms with Crippen molar-refractivity contribution in [1.29, 1.82) is 0 Å². The highest BCUT2D eigenvalue weighted by atomic mass is 16.3. The molecule has 1 aromatic heterocycles. The van der Waals surface area contributed by atoms with E-state index < -0.39 is 0 Å². The molecule has 20 heavy (non-hydrogen) atoms. The summed E-state index contributed by atoms with van der Waals surface area (Å²) in [4.78, 5) is 2.23. The summed E-state index contributed by atoms with van der Waals surface area (Å²) < 4.78 is 2.04. The molecule has 1 aliphatic rings. The van der Waals surface area contributed by atoms with Crippen LogP contribution in [0.1, 0.15) is 50.9 Å². The van der Waals surface area contributed by atoms with Crippen LogP contribution in [0.15, 0.2) is 6.07 Å². The molecule has 1 atom stereocenters. The van der Waals surface area contributed by atoms with E-state index in [0.29, 0.717) is 6.42 Å². The zero-order chi connectivity index (χ0) is 14.8. The summed E-state index contributed by atoms with van der Waals surface area (Å²) in [6.07, 6.45) is 6.00. The van der Waals surface area contributed by atoms with Crippen molar-refractivity contribution in [2.75, 3.05) is 14.1 Å². The standard InChI is InChI=1S/C16H29N3O/c1-5-13-11-14(19(6-2)17-13)12-15(20)16(18(3)4)9-7-8-10-16/h11,15,20H,5-10,12H2,1-4H3. The maximum atomic E-state index is 10.8. The van der Waals surface area contributed by atoms with Crippen molar-refractivity contribution in [2.45, 2.75) is 70.6 Å². The molecule has 1 fully saturated rings. The van der Waals surface area contributed by atoms with Gasteiger partial charge in [0.25, 0.3) is 0 Å². The Kier molecular flexibility index (Phi) is 4.86. The lowest BCUT2D eigenvalue weighted by atomic mass is 9.86. The Morgan fingerprint density at radius 1 is 1.35 bits per heavy atom. The predicted octanol–water partition coefficient (Wildman–Crippen LogP) is 2.24. The van der Waals surface area contributed by atoms with Crippen LogP contribution in [0.3, 0.4) is 0 Å². The molecule has 4 nitrogen and oxygen atoms in total.